The maximum Gasteiger partial charge on any atom is 0.243 e. The first-order chi connectivity index (χ1) is 10.9. The molecular weight excluding hydrogens is 313 g/mol. The highest BCUT2D eigenvalue weighted by molar-refractivity contribution is 7.89. The van der Waals surface area contributed by atoms with E-state index in [1.807, 2.05) is 26.0 Å². The van der Waals surface area contributed by atoms with Gasteiger partial charge in [0.15, 0.2) is 0 Å². The second-order valence-corrected chi connectivity index (χ2v) is 7.95. The van der Waals surface area contributed by atoms with Crippen LogP contribution in [0.2, 0.25) is 0 Å². The van der Waals surface area contributed by atoms with E-state index in [4.69, 9.17) is 0 Å². The Morgan fingerprint density at radius 2 is 1.78 bits per heavy atom. The fraction of sp³-hybridized carbons (Fsp3) is 0.333. The third-order valence-corrected chi connectivity index (χ3v) is 6.44. The molecule has 0 spiro atoms. The number of benzene rings is 2. The van der Waals surface area contributed by atoms with Crippen molar-refractivity contribution in [2.24, 2.45) is 0 Å². The molecule has 1 aliphatic heterocycles. The van der Waals surface area contributed by atoms with Crippen LogP contribution in [-0.2, 0) is 10.0 Å². The summed E-state index contributed by atoms with van der Waals surface area (Å²) in [5.41, 5.74) is 2.52. The van der Waals surface area contributed by atoms with Crippen molar-refractivity contribution in [1.29, 1.82) is 0 Å². The van der Waals surface area contributed by atoms with Crippen molar-refractivity contribution in [3.05, 3.63) is 65.0 Å². The van der Waals surface area contributed by atoms with Crippen LogP contribution < -0.4 is 0 Å². The largest absolute Gasteiger partial charge is 0.243 e. The van der Waals surface area contributed by atoms with E-state index in [-0.39, 0.29) is 11.9 Å². The molecule has 1 aliphatic rings. The van der Waals surface area contributed by atoms with Crippen LogP contribution in [0.4, 0.5) is 4.39 Å². The van der Waals surface area contributed by atoms with Gasteiger partial charge in [-0.25, -0.2) is 12.8 Å². The van der Waals surface area contributed by atoms with Gasteiger partial charge in [-0.15, -0.1) is 0 Å². The molecule has 1 heterocycles. The van der Waals surface area contributed by atoms with E-state index in [2.05, 4.69) is 0 Å². The van der Waals surface area contributed by atoms with E-state index in [0.717, 1.165) is 29.5 Å². The third kappa shape index (κ3) is 3.03. The van der Waals surface area contributed by atoms with Crippen molar-refractivity contribution in [3.8, 4) is 0 Å². The number of nitrogens with zero attached hydrogens (tertiary/aromatic N) is 1. The quantitative estimate of drug-likeness (QED) is 0.852. The van der Waals surface area contributed by atoms with E-state index in [1.54, 1.807) is 22.5 Å². The number of hydrogen-bond acceptors (Lipinski definition) is 2. The lowest BCUT2D eigenvalue weighted by atomic mass is 10.1. The molecule has 0 radical (unpaired) electrons. The summed E-state index contributed by atoms with van der Waals surface area (Å²) in [7, 11) is -3.56. The van der Waals surface area contributed by atoms with Crippen molar-refractivity contribution in [1.82, 2.24) is 4.31 Å². The molecule has 0 amide bonds. The molecule has 0 aromatic heterocycles. The topological polar surface area (TPSA) is 37.4 Å². The fourth-order valence-electron chi connectivity index (χ4n) is 3.16. The Morgan fingerprint density at radius 3 is 2.48 bits per heavy atom. The van der Waals surface area contributed by atoms with Crippen molar-refractivity contribution >= 4 is 10.0 Å². The monoisotopic (exact) mass is 333 g/mol. The lowest BCUT2D eigenvalue weighted by Crippen LogP contribution is -2.31. The summed E-state index contributed by atoms with van der Waals surface area (Å²) < 4.78 is 40.9. The molecule has 1 unspecified atom stereocenters. The van der Waals surface area contributed by atoms with Gasteiger partial charge in [-0.1, -0.05) is 24.3 Å². The molecule has 5 heteroatoms. The lowest BCUT2D eigenvalue weighted by molar-refractivity contribution is 0.396. The van der Waals surface area contributed by atoms with Gasteiger partial charge < -0.3 is 0 Å². The Labute approximate surface area is 136 Å². The molecule has 0 aliphatic carbocycles. The molecule has 2 aromatic carbocycles. The van der Waals surface area contributed by atoms with E-state index < -0.39 is 10.0 Å². The Hall–Kier alpha value is -1.72. The highest BCUT2D eigenvalue weighted by atomic mass is 32.2. The summed E-state index contributed by atoms with van der Waals surface area (Å²) >= 11 is 0. The van der Waals surface area contributed by atoms with E-state index in [9.17, 15) is 12.8 Å². The second kappa shape index (κ2) is 6.06. The zero-order valence-corrected chi connectivity index (χ0v) is 14.1. The Morgan fingerprint density at radius 1 is 1.09 bits per heavy atom. The summed E-state index contributed by atoms with van der Waals surface area (Å²) in [4.78, 5) is 0.367. The van der Waals surface area contributed by atoms with Crippen LogP contribution in [0.15, 0.2) is 47.4 Å². The normalized spacial score (nSPS) is 19.2. The van der Waals surface area contributed by atoms with Crippen LogP contribution >= 0.6 is 0 Å². The van der Waals surface area contributed by atoms with Gasteiger partial charge in [0.2, 0.25) is 10.0 Å². The zero-order chi connectivity index (χ0) is 16.6. The van der Waals surface area contributed by atoms with Crippen molar-refractivity contribution < 1.29 is 12.8 Å². The molecule has 23 heavy (non-hydrogen) atoms. The Balaban J connectivity index is 2.01. The molecule has 3 nitrogen and oxygen atoms in total. The molecule has 1 fully saturated rings. The van der Waals surface area contributed by atoms with Crippen LogP contribution in [0.25, 0.3) is 0 Å². The molecule has 0 N–H and O–H groups in total. The van der Waals surface area contributed by atoms with Gasteiger partial charge in [0, 0.05) is 6.54 Å². The minimum absolute atomic E-state index is 0.222. The second-order valence-electron chi connectivity index (χ2n) is 6.09. The highest BCUT2D eigenvalue weighted by Crippen LogP contribution is 2.37. The molecule has 2 aromatic rings. The molecular formula is C18H20FNO2S. The molecule has 0 bridgehead atoms. The molecule has 122 valence electrons. The van der Waals surface area contributed by atoms with E-state index in [1.165, 1.54) is 12.1 Å². The maximum absolute atomic E-state index is 13.1. The predicted molar refractivity (Wildman–Crippen MR) is 88.2 cm³/mol. The molecule has 3 rings (SSSR count). The first-order valence-corrected chi connectivity index (χ1v) is 9.18. The first-order valence-electron chi connectivity index (χ1n) is 7.74. The van der Waals surface area contributed by atoms with Crippen LogP contribution in [0.1, 0.15) is 35.6 Å². The van der Waals surface area contributed by atoms with Crippen LogP contribution in [0.5, 0.6) is 0 Å². The fourth-order valence-corrected chi connectivity index (χ4v) is 5.15. The molecule has 0 saturated carbocycles. The summed E-state index contributed by atoms with van der Waals surface area (Å²) in [5, 5.41) is 0. The summed E-state index contributed by atoms with van der Waals surface area (Å²) in [6.45, 7) is 4.20. The SMILES string of the molecule is Cc1ccc(C)c(S(=O)(=O)N2CCCC2c2ccc(F)cc2)c1. The van der Waals surface area contributed by atoms with Crippen molar-refractivity contribution in [3.63, 3.8) is 0 Å². The van der Waals surface area contributed by atoms with E-state index in [0.29, 0.717) is 11.4 Å². The smallest absolute Gasteiger partial charge is 0.207 e. The minimum Gasteiger partial charge on any atom is -0.207 e. The van der Waals surface area contributed by atoms with E-state index >= 15 is 0 Å². The van der Waals surface area contributed by atoms with Gasteiger partial charge in [-0.05, 0) is 61.6 Å². The van der Waals surface area contributed by atoms with Crippen LogP contribution in [0.3, 0.4) is 0 Å². The molecule has 1 atom stereocenters. The maximum atomic E-state index is 13.1. The summed E-state index contributed by atoms with van der Waals surface area (Å²) in [6.07, 6.45) is 1.57. The predicted octanol–water partition coefficient (Wildman–Crippen LogP) is 3.97. The Kier molecular flexibility index (Phi) is 4.25. The standard InChI is InChI=1S/C18H20FNO2S/c1-13-5-6-14(2)18(12-13)23(21,22)20-11-3-4-17(20)15-7-9-16(19)10-8-15/h5-10,12,17H,3-4,11H2,1-2H3. The lowest BCUT2D eigenvalue weighted by Gasteiger charge is -2.25. The Bertz CT molecular complexity index is 815. The summed E-state index contributed by atoms with van der Waals surface area (Å²) in [6, 6.07) is 11.4. The third-order valence-electron chi connectivity index (χ3n) is 4.39. The van der Waals surface area contributed by atoms with Crippen molar-refractivity contribution in [2.75, 3.05) is 6.54 Å². The van der Waals surface area contributed by atoms with Gasteiger partial charge in [0.1, 0.15) is 5.82 Å². The van der Waals surface area contributed by atoms with Gasteiger partial charge in [0.25, 0.3) is 0 Å². The van der Waals surface area contributed by atoms with Crippen LogP contribution in [0, 0.1) is 19.7 Å². The summed E-state index contributed by atoms with van der Waals surface area (Å²) in [5.74, 6) is -0.310. The number of aryl methyl sites for hydroxylation is 2. The number of rotatable bonds is 3. The van der Waals surface area contributed by atoms with Crippen LogP contribution in [-0.4, -0.2) is 19.3 Å². The number of halogens is 1. The molecule has 1 saturated heterocycles. The minimum atomic E-state index is -3.56. The first kappa shape index (κ1) is 16.1. The van der Waals surface area contributed by atoms with Gasteiger partial charge in [0.05, 0.1) is 10.9 Å². The average molecular weight is 333 g/mol. The zero-order valence-electron chi connectivity index (χ0n) is 13.3. The van der Waals surface area contributed by atoms with Gasteiger partial charge in [-0.3, -0.25) is 0 Å². The average Bonchev–Trinajstić information content (AvgIpc) is 3.00. The number of hydrogen-bond donors (Lipinski definition) is 0. The highest BCUT2D eigenvalue weighted by Gasteiger charge is 2.36. The van der Waals surface area contributed by atoms with Gasteiger partial charge in [-0.2, -0.15) is 4.31 Å². The number of sulfonamides is 1. The van der Waals surface area contributed by atoms with Gasteiger partial charge >= 0.3 is 0 Å². The van der Waals surface area contributed by atoms with Crippen molar-refractivity contribution in [2.45, 2.75) is 37.6 Å².